The molecule has 3 aromatic carbocycles. The molecule has 31 heavy (non-hydrogen) atoms. The van der Waals surface area contributed by atoms with Crippen LogP contribution < -0.4 is 5.32 Å². The molecule has 1 saturated heterocycles. The van der Waals surface area contributed by atoms with E-state index in [4.69, 9.17) is 0 Å². The molecule has 0 spiro atoms. The van der Waals surface area contributed by atoms with E-state index in [0.29, 0.717) is 6.54 Å². The Balaban J connectivity index is 1.70. The van der Waals surface area contributed by atoms with Crippen LogP contribution in [0.15, 0.2) is 84.9 Å². The molecule has 0 aromatic heterocycles. The molecule has 0 bridgehead atoms. The van der Waals surface area contributed by atoms with E-state index in [1.54, 1.807) is 0 Å². The van der Waals surface area contributed by atoms with Crippen LogP contribution in [0.3, 0.4) is 0 Å². The Labute approximate surface area is 183 Å². The highest BCUT2D eigenvalue weighted by atomic mass is 16.2. The van der Waals surface area contributed by atoms with Gasteiger partial charge < -0.3 is 5.32 Å². The second-order valence-electron chi connectivity index (χ2n) is 8.01. The standard InChI is InChI=1S/C27H28N2O2/c1-2-3-4-11-20-29-25(30)27(28-26(29)31,23-14-9-6-10-15-23)24-18-16-22(17-19-24)21-12-7-5-8-13-21/h5-10,12-19H,2-4,11,20H2,1H3,(H,28,31)/t27-/m0/s1. The maximum absolute atomic E-state index is 13.7. The topological polar surface area (TPSA) is 49.4 Å². The minimum absolute atomic E-state index is 0.201. The SMILES string of the molecule is CCCCCCN1C(=O)N[C@@](c2ccccc2)(c2ccc(-c3ccccc3)cc2)C1=O. The van der Waals surface area contributed by atoms with Gasteiger partial charge in [-0.05, 0) is 28.7 Å². The number of nitrogens with one attached hydrogen (secondary N) is 1. The molecule has 0 aliphatic carbocycles. The molecule has 3 aromatic rings. The summed E-state index contributed by atoms with van der Waals surface area (Å²) < 4.78 is 0. The second-order valence-corrected chi connectivity index (χ2v) is 8.01. The maximum Gasteiger partial charge on any atom is 0.325 e. The van der Waals surface area contributed by atoms with Crippen LogP contribution >= 0.6 is 0 Å². The summed E-state index contributed by atoms with van der Waals surface area (Å²) in [5.41, 5.74) is 2.53. The molecule has 1 N–H and O–H groups in total. The number of urea groups is 1. The van der Waals surface area contributed by atoms with Crippen LogP contribution in [-0.2, 0) is 10.3 Å². The van der Waals surface area contributed by atoms with Gasteiger partial charge in [-0.25, -0.2) is 4.79 Å². The Hall–Kier alpha value is -3.40. The Morgan fingerprint density at radius 3 is 1.94 bits per heavy atom. The number of hydrogen-bond acceptors (Lipinski definition) is 2. The van der Waals surface area contributed by atoms with Crippen molar-refractivity contribution in [2.75, 3.05) is 6.54 Å². The number of imide groups is 1. The highest BCUT2D eigenvalue weighted by Gasteiger charge is 2.53. The van der Waals surface area contributed by atoms with Gasteiger partial charge in [0.05, 0.1) is 0 Å². The maximum atomic E-state index is 13.7. The number of amides is 3. The van der Waals surface area contributed by atoms with Gasteiger partial charge in [0.2, 0.25) is 0 Å². The lowest BCUT2D eigenvalue weighted by molar-refractivity contribution is -0.130. The molecule has 0 unspecified atom stereocenters. The summed E-state index contributed by atoms with van der Waals surface area (Å²) in [6, 6.07) is 27.3. The highest BCUT2D eigenvalue weighted by molar-refractivity contribution is 6.09. The molecule has 0 radical (unpaired) electrons. The van der Waals surface area contributed by atoms with Crippen molar-refractivity contribution in [3.05, 3.63) is 96.1 Å². The van der Waals surface area contributed by atoms with Crippen molar-refractivity contribution in [3.63, 3.8) is 0 Å². The first-order valence-electron chi connectivity index (χ1n) is 11.0. The van der Waals surface area contributed by atoms with Crippen molar-refractivity contribution in [1.29, 1.82) is 0 Å². The third-order valence-corrected chi connectivity index (χ3v) is 5.97. The fourth-order valence-corrected chi connectivity index (χ4v) is 4.27. The van der Waals surface area contributed by atoms with E-state index >= 15 is 0 Å². The van der Waals surface area contributed by atoms with Gasteiger partial charge in [0.25, 0.3) is 5.91 Å². The molecular weight excluding hydrogens is 384 g/mol. The Bertz CT molecular complexity index is 1030. The fourth-order valence-electron chi connectivity index (χ4n) is 4.27. The average molecular weight is 413 g/mol. The molecule has 1 aliphatic rings. The van der Waals surface area contributed by atoms with Crippen LogP contribution in [0.5, 0.6) is 0 Å². The quantitative estimate of drug-likeness (QED) is 0.379. The van der Waals surface area contributed by atoms with Crippen LogP contribution in [0.2, 0.25) is 0 Å². The number of carbonyl (C=O) groups is 2. The van der Waals surface area contributed by atoms with Gasteiger partial charge in [0, 0.05) is 6.54 Å². The molecule has 4 heteroatoms. The monoisotopic (exact) mass is 412 g/mol. The number of nitrogens with zero attached hydrogens (tertiary/aromatic N) is 1. The average Bonchev–Trinajstić information content (AvgIpc) is 3.08. The van der Waals surface area contributed by atoms with Crippen LogP contribution in [0.4, 0.5) is 4.79 Å². The summed E-state index contributed by atoms with van der Waals surface area (Å²) >= 11 is 0. The number of hydrogen-bond donors (Lipinski definition) is 1. The first-order valence-corrected chi connectivity index (χ1v) is 11.0. The molecule has 3 amide bonds. The van der Waals surface area contributed by atoms with E-state index in [1.807, 2.05) is 72.8 Å². The van der Waals surface area contributed by atoms with E-state index in [2.05, 4.69) is 24.4 Å². The summed E-state index contributed by atoms with van der Waals surface area (Å²) in [6.07, 6.45) is 4.05. The lowest BCUT2D eigenvalue weighted by atomic mass is 9.82. The van der Waals surface area contributed by atoms with Crippen LogP contribution in [0, 0.1) is 0 Å². The molecule has 1 aliphatic heterocycles. The van der Waals surface area contributed by atoms with E-state index < -0.39 is 5.54 Å². The second kappa shape index (κ2) is 9.17. The lowest BCUT2D eigenvalue weighted by Gasteiger charge is -2.28. The fraction of sp³-hybridized carbons (Fsp3) is 0.259. The highest BCUT2D eigenvalue weighted by Crippen LogP contribution is 2.37. The number of benzene rings is 3. The third kappa shape index (κ3) is 3.98. The van der Waals surface area contributed by atoms with Gasteiger partial charge in [-0.3, -0.25) is 9.69 Å². The summed E-state index contributed by atoms with van der Waals surface area (Å²) in [5, 5.41) is 3.04. The Morgan fingerprint density at radius 2 is 1.29 bits per heavy atom. The van der Waals surface area contributed by atoms with Crippen LogP contribution in [0.1, 0.15) is 43.7 Å². The molecule has 1 fully saturated rings. The smallest absolute Gasteiger partial charge is 0.315 e. The number of carbonyl (C=O) groups excluding carboxylic acids is 2. The van der Waals surface area contributed by atoms with E-state index in [1.165, 1.54) is 4.90 Å². The van der Waals surface area contributed by atoms with E-state index in [9.17, 15) is 9.59 Å². The molecule has 1 heterocycles. The minimum Gasteiger partial charge on any atom is -0.315 e. The van der Waals surface area contributed by atoms with Crippen molar-refractivity contribution in [3.8, 4) is 11.1 Å². The zero-order chi connectivity index (χ0) is 21.7. The van der Waals surface area contributed by atoms with Gasteiger partial charge >= 0.3 is 6.03 Å². The first-order chi connectivity index (χ1) is 15.2. The van der Waals surface area contributed by atoms with Gasteiger partial charge in [0.1, 0.15) is 0 Å². The summed E-state index contributed by atoms with van der Waals surface area (Å²) in [4.78, 5) is 28.0. The molecule has 4 rings (SSSR count). The number of unbranched alkanes of at least 4 members (excludes halogenated alkanes) is 3. The van der Waals surface area contributed by atoms with Crippen molar-refractivity contribution >= 4 is 11.9 Å². The summed E-state index contributed by atoms with van der Waals surface area (Å²) in [6.45, 7) is 2.59. The normalized spacial score (nSPS) is 18.3. The minimum atomic E-state index is -1.20. The third-order valence-electron chi connectivity index (χ3n) is 5.97. The summed E-state index contributed by atoms with van der Waals surface area (Å²) in [5.74, 6) is -0.201. The van der Waals surface area contributed by atoms with Gasteiger partial charge in [0.15, 0.2) is 5.54 Å². The van der Waals surface area contributed by atoms with Gasteiger partial charge in [-0.15, -0.1) is 0 Å². The molecule has 158 valence electrons. The molecular formula is C27H28N2O2. The van der Waals surface area contributed by atoms with Crippen molar-refractivity contribution in [2.45, 2.75) is 38.1 Å². The van der Waals surface area contributed by atoms with Gasteiger partial charge in [-0.1, -0.05) is 111 Å². The predicted octanol–water partition coefficient (Wildman–Crippen LogP) is 5.73. The van der Waals surface area contributed by atoms with Crippen molar-refractivity contribution in [1.82, 2.24) is 10.2 Å². The lowest BCUT2D eigenvalue weighted by Crippen LogP contribution is -2.45. The van der Waals surface area contributed by atoms with Gasteiger partial charge in [-0.2, -0.15) is 0 Å². The van der Waals surface area contributed by atoms with Crippen molar-refractivity contribution < 1.29 is 9.59 Å². The Morgan fingerprint density at radius 1 is 0.710 bits per heavy atom. The zero-order valence-electron chi connectivity index (χ0n) is 17.9. The van der Waals surface area contributed by atoms with Crippen molar-refractivity contribution in [2.24, 2.45) is 0 Å². The largest absolute Gasteiger partial charge is 0.325 e. The predicted molar refractivity (Wildman–Crippen MR) is 123 cm³/mol. The zero-order valence-corrected chi connectivity index (χ0v) is 17.9. The first kappa shape index (κ1) is 20.9. The molecule has 0 saturated carbocycles. The van der Waals surface area contributed by atoms with E-state index in [0.717, 1.165) is 47.9 Å². The molecule has 1 atom stereocenters. The molecule has 4 nitrogen and oxygen atoms in total. The van der Waals surface area contributed by atoms with Crippen LogP contribution in [0.25, 0.3) is 11.1 Å². The van der Waals surface area contributed by atoms with Crippen LogP contribution in [-0.4, -0.2) is 23.4 Å². The number of rotatable bonds is 8. The Kier molecular flexibility index (Phi) is 6.17. The summed E-state index contributed by atoms with van der Waals surface area (Å²) in [7, 11) is 0. The van der Waals surface area contributed by atoms with E-state index in [-0.39, 0.29) is 11.9 Å².